The standard InChI is InChI=1S/C26H31F3N4O3/c1-16(2)23-22-20(15-32(23)12-17-4-6-21(7-5-17)26(27,28)29)10-19(11-31-22)24(34)30-9-8-18-13-33(14-18)25(35)36-3/h4-7,10-11,16,18,23H,8-9,12-15H2,1-3H3,(H,30,34)/t23-/m0/s1. The number of carbonyl (C=O) groups excluding carboxylic acids is 2. The first kappa shape index (κ1) is 25.9. The van der Waals surface area contributed by atoms with Crippen molar-refractivity contribution in [2.75, 3.05) is 26.7 Å². The van der Waals surface area contributed by atoms with E-state index in [-0.39, 0.29) is 24.0 Å². The molecule has 10 heteroatoms. The number of halogens is 3. The first-order valence-corrected chi connectivity index (χ1v) is 12.1. The van der Waals surface area contributed by atoms with Gasteiger partial charge in [-0.15, -0.1) is 0 Å². The van der Waals surface area contributed by atoms with E-state index in [1.807, 2.05) is 6.07 Å². The molecule has 0 saturated carbocycles. The molecule has 1 atom stereocenters. The average Bonchev–Trinajstić information content (AvgIpc) is 3.16. The minimum atomic E-state index is -4.36. The minimum absolute atomic E-state index is 0.00998. The molecular formula is C26H31F3N4O3. The van der Waals surface area contributed by atoms with E-state index >= 15 is 0 Å². The third kappa shape index (κ3) is 5.64. The van der Waals surface area contributed by atoms with Crippen LogP contribution >= 0.6 is 0 Å². The Labute approximate surface area is 208 Å². The largest absolute Gasteiger partial charge is 0.453 e. The Bertz CT molecular complexity index is 1100. The monoisotopic (exact) mass is 504 g/mol. The number of aromatic nitrogens is 1. The van der Waals surface area contributed by atoms with Gasteiger partial charge >= 0.3 is 12.3 Å². The highest BCUT2D eigenvalue weighted by Crippen LogP contribution is 2.39. The van der Waals surface area contributed by atoms with Gasteiger partial charge in [-0.1, -0.05) is 26.0 Å². The lowest BCUT2D eigenvalue weighted by Crippen LogP contribution is -2.50. The van der Waals surface area contributed by atoms with Crippen molar-refractivity contribution in [3.05, 3.63) is 64.5 Å². The lowest BCUT2D eigenvalue weighted by Gasteiger charge is -2.38. The molecule has 36 heavy (non-hydrogen) atoms. The zero-order valence-corrected chi connectivity index (χ0v) is 20.6. The molecule has 194 valence electrons. The summed E-state index contributed by atoms with van der Waals surface area (Å²) in [5.41, 5.74) is 2.48. The predicted octanol–water partition coefficient (Wildman–Crippen LogP) is 4.63. The van der Waals surface area contributed by atoms with Gasteiger partial charge < -0.3 is 15.0 Å². The van der Waals surface area contributed by atoms with Crippen LogP contribution in [0.1, 0.15) is 59.1 Å². The number of pyridine rings is 1. The Morgan fingerprint density at radius 1 is 1.19 bits per heavy atom. The van der Waals surface area contributed by atoms with Gasteiger partial charge in [-0.05, 0) is 47.6 Å². The molecule has 1 aromatic carbocycles. The van der Waals surface area contributed by atoms with Gasteiger partial charge in [0.15, 0.2) is 0 Å². The van der Waals surface area contributed by atoms with Crippen molar-refractivity contribution >= 4 is 12.0 Å². The Balaban J connectivity index is 1.36. The molecule has 4 rings (SSSR count). The topological polar surface area (TPSA) is 74.8 Å². The van der Waals surface area contributed by atoms with E-state index in [0.717, 1.165) is 35.4 Å². The molecule has 0 aliphatic carbocycles. The van der Waals surface area contributed by atoms with Crippen molar-refractivity contribution in [2.45, 2.75) is 45.6 Å². The van der Waals surface area contributed by atoms with Crippen LogP contribution in [0.2, 0.25) is 0 Å². The number of methoxy groups -OCH3 is 1. The van der Waals surface area contributed by atoms with Crippen LogP contribution < -0.4 is 5.32 Å². The second kappa shape index (κ2) is 10.5. The van der Waals surface area contributed by atoms with E-state index < -0.39 is 11.7 Å². The number of hydrogen-bond acceptors (Lipinski definition) is 5. The smallest absolute Gasteiger partial charge is 0.416 e. The molecule has 2 amide bonds. The lowest BCUT2D eigenvalue weighted by molar-refractivity contribution is -0.137. The summed E-state index contributed by atoms with van der Waals surface area (Å²) in [6, 6.07) is 7.13. The number of rotatable bonds is 7. The van der Waals surface area contributed by atoms with E-state index in [0.29, 0.717) is 44.2 Å². The number of likely N-dealkylation sites (tertiary alicyclic amines) is 1. The molecule has 2 aliphatic rings. The Morgan fingerprint density at radius 3 is 2.50 bits per heavy atom. The average molecular weight is 505 g/mol. The van der Waals surface area contributed by atoms with Gasteiger partial charge in [0.05, 0.1) is 30.0 Å². The summed E-state index contributed by atoms with van der Waals surface area (Å²) in [7, 11) is 1.36. The predicted molar refractivity (Wildman–Crippen MR) is 127 cm³/mol. The van der Waals surface area contributed by atoms with Crippen LogP contribution in [-0.2, 0) is 24.0 Å². The number of hydrogen-bond donors (Lipinski definition) is 1. The fourth-order valence-electron chi connectivity index (χ4n) is 4.98. The van der Waals surface area contributed by atoms with E-state index in [2.05, 4.69) is 33.8 Å². The molecule has 0 unspecified atom stereocenters. The van der Waals surface area contributed by atoms with Crippen molar-refractivity contribution in [2.24, 2.45) is 11.8 Å². The highest BCUT2D eigenvalue weighted by atomic mass is 19.4. The summed E-state index contributed by atoms with van der Waals surface area (Å²) >= 11 is 0. The normalized spacial score (nSPS) is 18.2. The maximum absolute atomic E-state index is 12.9. The van der Waals surface area contributed by atoms with Crippen LogP contribution in [0.15, 0.2) is 36.5 Å². The van der Waals surface area contributed by atoms with Crippen molar-refractivity contribution in [1.29, 1.82) is 0 Å². The third-order valence-electron chi connectivity index (χ3n) is 6.84. The molecule has 1 N–H and O–H groups in total. The maximum atomic E-state index is 12.9. The van der Waals surface area contributed by atoms with Gasteiger partial charge in [0, 0.05) is 38.9 Å². The first-order valence-electron chi connectivity index (χ1n) is 12.1. The highest BCUT2D eigenvalue weighted by Gasteiger charge is 2.35. The number of carbonyl (C=O) groups is 2. The molecule has 0 bridgehead atoms. The van der Waals surface area contributed by atoms with E-state index in [9.17, 15) is 22.8 Å². The maximum Gasteiger partial charge on any atom is 0.416 e. The Morgan fingerprint density at radius 2 is 1.89 bits per heavy atom. The van der Waals surface area contributed by atoms with Gasteiger partial charge in [-0.2, -0.15) is 13.2 Å². The molecule has 3 heterocycles. The summed E-state index contributed by atoms with van der Waals surface area (Å²) < 4.78 is 43.4. The van der Waals surface area contributed by atoms with Gasteiger partial charge in [0.2, 0.25) is 0 Å². The van der Waals surface area contributed by atoms with Crippen LogP contribution in [0, 0.1) is 11.8 Å². The van der Waals surface area contributed by atoms with Gasteiger partial charge in [-0.25, -0.2) is 4.79 Å². The lowest BCUT2D eigenvalue weighted by atomic mass is 9.97. The zero-order valence-electron chi connectivity index (χ0n) is 20.6. The van der Waals surface area contributed by atoms with E-state index in [1.54, 1.807) is 11.1 Å². The second-order valence-electron chi connectivity index (χ2n) is 9.84. The fourth-order valence-corrected chi connectivity index (χ4v) is 4.98. The van der Waals surface area contributed by atoms with Crippen molar-refractivity contribution in [3.8, 4) is 0 Å². The number of nitrogens with zero attached hydrogens (tertiary/aromatic N) is 3. The SMILES string of the molecule is COC(=O)N1CC(CCNC(=O)c2cnc3c(c2)CN(Cc2ccc(C(F)(F)F)cc2)[C@H]3C(C)C)C1. The fraction of sp³-hybridized carbons (Fsp3) is 0.500. The number of benzene rings is 1. The molecule has 2 aromatic rings. The summed E-state index contributed by atoms with van der Waals surface area (Å²) in [4.78, 5) is 32.6. The van der Waals surface area contributed by atoms with Crippen LogP contribution in [0.25, 0.3) is 0 Å². The summed E-state index contributed by atoms with van der Waals surface area (Å²) in [5, 5.41) is 2.93. The molecule has 1 saturated heterocycles. The van der Waals surface area contributed by atoms with Crippen LogP contribution in [-0.4, -0.2) is 53.5 Å². The number of alkyl halides is 3. The molecule has 7 nitrogen and oxygen atoms in total. The first-order chi connectivity index (χ1) is 17.1. The number of amides is 2. The summed E-state index contributed by atoms with van der Waals surface area (Å²) in [6.07, 6.45) is -2.32. The molecule has 0 spiro atoms. The summed E-state index contributed by atoms with van der Waals surface area (Å²) in [5.74, 6) is 0.379. The van der Waals surface area contributed by atoms with Crippen molar-refractivity contribution in [3.63, 3.8) is 0 Å². The highest BCUT2D eigenvalue weighted by molar-refractivity contribution is 5.94. The summed E-state index contributed by atoms with van der Waals surface area (Å²) in [6.45, 7) is 7.00. The van der Waals surface area contributed by atoms with Gasteiger partial charge in [0.25, 0.3) is 5.91 Å². The van der Waals surface area contributed by atoms with Crippen LogP contribution in [0.5, 0.6) is 0 Å². The van der Waals surface area contributed by atoms with Crippen molar-refractivity contribution in [1.82, 2.24) is 20.1 Å². The minimum Gasteiger partial charge on any atom is -0.453 e. The van der Waals surface area contributed by atoms with Crippen LogP contribution in [0.3, 0.4) is 0 Å². The number of ether oxygens (including phenoxy) is 1. The number of nitrogens with one attached hydrogen (secondary N) is 1. The zero-order chi connectivity index (χ0) is 26.0. The van der Waals surface area contributed by atoms with E-state index in [1.165, 1.54) is 19.2 Å². The quantitative estimate of drug-likeness (QED) is 0.595. The third-order valence-corrected chi connectivity index (χ3v) is 6.84. The number of fused-ring (bicyclic) bond motifs is 1. The second-order valence-corrected chi connectivity index (χ2v) is 9.84. The van der Waals surface area contributed by atoms with Gasteiger partial charge in [-0.3, -0.25) is 14.7 Å². The Kier molecular flexibility index (Phi) is 7.54. The Hall–Kier alpha value is -3.14. The molecule has 2 aliphatic heterocycles. The van der Waals surface area contributed by atoms with Gasteiger partial charge in [0.1, 0.15) is 0 Å². The molecule has 1 fully saturated rings. The van der Waals surface area contributed by atoms with E-state index in [4.69, 9.17) is 0 Å². The van der Waals surface area contributed by atoms with Crippen molar-refractivity contribution < 1.29 is 27.5 Å². The molecule has 0 radical (unpaired) electrons. The molecular weight excluding hydrogens is 473 g/mol. The molecule has 1 aromatic heterocycles. The van der Waals surface area contributed by atoms with Crippen LogP contribution in [0.4, 0.5) is 18.0 Å².